The highest BCUT2D eigenvalue weighted by molar-refractivity contribution is 5.85. The number of nitrogens with two attached hydrogens (primary N) is 1. The molecule has 0 bridgehead atoms. The zero-order chi connectivity index (χ0) is 18.4. The first-order valence-electron chi connectivity index (χ1n) is 7.71. The Kier molecular flexibility index (Phi) is 7.92. The molecule has 0 aliphatic heterocycles. The third-order valence-electron chi connectivity index (χ3n) is 3.66. The van der Waals surface area contributed by atoms with Crippen LogP contribution in [0.25, 0.3) is 0 Å². The molecule has 2 rings (SSSR count). The van der Waals surface area contributed by atoms with Crippen molar-refractivity contribution in [3.63, 3.8) is 0 Å². The molecule has 0 atom stereocenters. The van der Waals surface area contributed by atoms with Crippen LogP contribution >= 0.6 is 12.4 Å². The van der Waals surface area contributed by atoms with E-state index in [9.17, 15) is 18.0 Å². The molecule has 0 spiro atoms. The highest BCUT2D eigenvalue weighted by Gasteiger charge is 2.30. The van der Waals surface area contributed by atoms with E-state index in [0.717, 1.165) is 17.7 Å². The number of halogens is 4. The molecule has 0 saturated carbocycles. The number of benzene rings is 2. The van der Waals surface area contributed by atoms with Gasteiger partial charge in [0.1, 0.15) is 0 Å². The van der Waals surface area contributed by atoms with Gasteiger partial charge in [0, 0.05) is 25.8 Å². The van der Waals surface area contributed by atoms with Crippen LogP contribution in [-0.4, -0.2) is 24.4 Å². The highest BCUT2D eigenvalue weighted by Crippen LogP contribution is 2.29. The minimum absolute atomic E-state index is 0. The number of nitrogens with zero attached hydrogens (tertiary/aromatic N) is 1. The van der Waals surface area contributed by atoms with Crippen molar-refractivity contribution < 1.29 is 18.0 Å². The van der Waals surface area contributed by atoms with E-state index in [1.165, 1.54) is 13.1 Å². The number of hydrogen-bond acceptors (Lipinski definition) is 3. The van der Waals surface area contributed by atoms with Crippen molar-refractivity contribution in [1.29, 1.82) is 0 Å². The van der Waals surface area contributed by atoms with Crippen molar-refractivity contribution >= 4 is 24.0 Å². The monoisotopic (exact) mass is 387 g/mol. The summed E-state index contributed by atoms with van der Waals surface area (Å²) in [5, 5.41) is 2.53. The van der Waals surface area contributed by atoms with Crippen molar-refractivity contribution in [1.82, 2.24) is 10.2 Å². The first-order valence-corrected chi connectivity index (χ1v) is 7.71. The van der Waals surface area contributed by atoms with Crippen LogP contribution in [0, 0.1) is 0 Å². The second-order valence-corrected chi connectivity index (χ2v) is 5.76. The predicted molar refractivity (Wildman–Crippen MR) is 97.7 cm³/mol. The van der Waals surface area contributed by atoms with Gasteiger partial charge in [0.25, 0.3) is 0 Å². The molecule has 0 unspecified atom stereocenters. The zero-order valence-corrected chi connectivity index (χ0v) is 15.0. The Labute approximate surface area is 156 Å². The summed E-state index contributed by atoms with van der Waals surface area (Å²) in [6.07, 6.45) is -4.39. The standard InChI is InChI=1S/C18H20F3N3O.ClH/c1-23-17(25)12-24(11-14-5-3-7-16(22)9-14)10-13-4-2-6-15(8-13)18(19,20)21;/h2-9H,10-12,22H2,1H3,(H,23,25);1H. The zero-order valence-electron chi connectivity index (χ0n) is 14.2. The molecule has 3 N–H and O–H groups in total. The average Bonchev–Trinajstić information content (AvgIpc) is 2.54. The van der Waals surface area contributed by atoms with Crippen molar-refractivity contribution in [2.24, 2.45) is 0 Å². The van der Waals surface area contributed by atoms with Gasteiger partial charge in [-0.15, -0.1) is 12.4 Å². The molecule has 8 heteroatoms. The van der Waals surface area contributed by atoms with Crippen molar-refractivity contribution in [2.75, 3.05) is 19.3 Å². The normalized spacial score (nSPS) is 11.1. The maximum atomic E-state index is 12.9. The molecule has 2 aromatic rings. The fourth-order valence-electron chi connectivity index (χ4n) is 2.50. The first-order chi connectivity index (χ1) is 11.8. The highest BCUT2D eigenvalue weighted by atomic mass is 35.5. The minimum Gasteiger partial charge on any atom is -0.399 e. The first kappa shape index (κ1) is 21.8. The predicted octanol–water partition coefficient (Wildman–Crippen LogP) is 3.46. The summed E-state index contributed by atoms with van der Waals surface area (Å²) in [7, 11) is 1.52. The summed E-state index contributed by atoms with van der Waals surface area (Å²) in [5.41, 5.74) is 7.03. The van der Waals surface area contributed by atoms with E-state index >= 15 is 0 Å². The van der Waals surface area contributed by atoms with Crippen LogP contribution in [0.4, 0.5) is 18.9 Å². The molecule has 142 valence electrons. The van der Waals surface area contributed by atoms with Crippen LogP contribution in [0.5, 0.6) is 0 Å². The number of rotatable bonds is 6. The van der Waals surface area contributed by atoms with Crippen molar-refractivity contribution in [3.8, 4) is 0 Å². The topological polar surface area (TPSA) is 58.4 Å². The van der Waals surface area contributed by atoms with Gasteiger partial charge in [-0.1, -0.05) is 30.3 Å². The molecule has 0 saturated heterocycles. The molecular weight excluding hydrogens is 367 g/mol. The molecule has 4 nitrogen and oxygen atoms in total. The lowest BCUT2D eigenvalue weighted by Crippen LogP contribution is -2.35. The Morgan fingerprint density at radius 1 is 1.08 bits per heavy atom. The van der Waals surface area contributed by atoms with E-state index in [-0.39, 0.29) is 31.4 Å². The molecule has 0 aromatic heterocycles. The quantitative estimate of drug-likeness (QED) is 0.746. The lowest BCUT2D eigenvalue weighted by molar-refractivity contribution is -0.137. The second-order valence-electron chi connectivity index (χ2n) is 5.76. The van der Waals surface area contributed by atoms with Crippen molar-refractivity contribution in [3.05, 3.63) is 65.2 Å². The molecule has 0 fully saturated rings. The Morgan fingerprint density at radius 2 is 1.65 bits per heavy atom. The van der Waals surface area contributed by atoms with Gasteiger partial charge in [-0.3, -0.25) is 9.69 Å². The van der Waals surface area contributed by atoms with Crippen LogP contribution < -0.4 is 11.1 Å². The number of anilines is 1. The van der Waals surface area contributed by atoms with E-state index < -0.39 is 11.7 Å². The van der Waals surface area contributed by atoms with Crippen LogP contribution in [-0.2, 0) is 24.1 Å². The summed E-state index contributed by atoms with van der Waals surface area (Å²) >= 11 is 0. The number of amides is 1. The lowest BCUT2D eigenvalue weighted by Gasteiger charge is -2.22. The number of carbonyl (C=O) groups excluding carboxylic acids is 1. The molecular formula is C18H21ClF3N3O. The lowest BCUT2D eigenvalue weighted by atomic mass is 10.1. The van der Waals surface area contributed by atoms with Gasteiger partial charge in [-0.25, -0.2) is 0 Å². The van der Waals surface area contributed by atoms with E-state index in [1.54, 1.807) is 29.2 Å². The molecule has 2 aromatic carbocycles. The summed E-state index contributed by atoms with van der Waals surface area (Å²) in [6.45, 7) is 0.683. The largest absolute Gasteiger partial charge is 0.416 e. The number of carbonyl (C=O) groups is 1. The second kappa shape index (κ2) is 9.45. The SMILES string of the molecule is CNC(=O)CN(Cc1cccc(N)c1)Cc1cccc(C(F)(F)F)c1.Cl. The van der Waals surface area contributed by atoms with Gasteiger partial charge in [0.15, 0.2) is 0 Å². The smallest absolute Gasteiger partial charge is 0.399 e. The van der Waals surface area contributed by atoms with Crippen molar-refractivity contribution in [2.45, 2.75) is 19.3 Å². The van der Waals surface area contributed by atoms with Crippen LogP contribution in [0.3, 0.4) is 0 Å². The third kappa shape index (κ3) is 6.57. The molecule has 1 amide bonds. The molecule has 26 heavy (non-hydrogen) atoms. The van der Waals surface area contributed by atoms with Gasteiger partial charge < -0.3 is 11.1 Å². The van der Waals surface area contributed by atoms with Crippen LogP contribution in [0.2, 0.25) is 0 Å². The van der Waals surface area contributed by atoms with E-state index in [2.05, 4.69) is 5.32 Å². The molecule has 0 heterocycles. The Morgan fingerprint density at radius 3 is 2.19 bits per heavy atom. The van der Waals surface area contributed by atoms with Gasteiger partial charge in [0.2, 0.25) is 5.91 Å². The fraction of sp³-hybridized carbons (Fsp3) is 0.278. The maximum Gasteiger partial charge on any atom is 0.416 e. The van der Waals surface area contributed by atoms with E-state index in [1.807, 2.05) is 6.07 Å². The number of nitrogen functional groups attached to an aromatic ring is 1. The maximum absolute atomic E-state index is 12.9. The Bertz CT molecular complexity index is 738. The summed E-state index contributed by atoms with van der Waals surface area (Å²) in [6, 6.07) is 12.3. The Hall–Kier alpha value is -2.25. The molecule has 0 aliphatic rings. The van der Waals surface area contributed by atoms with Gasteiger partial charge in [-0.2, -0.15) is 13.2 Å². The minimum atomic E-state index is -4.39. The van der Waals surface area contributed by atoms with Crippen LogP contribution in [0.15, 0.2) is 48.5 Å². The number of alkyl halides is 3. The van der Waals surface area contributed by atoms with Gasteiger partial charge >= 0.3 is 6.18 Å². The van der Waals surface area contributed by atoms with Gasteiger partial charge in [-0.05, 0) is 29.3 Å². The van der Waals surface area contributed by atoms with E-state index in [4.69, 9.17) is 5.73 Å². The van der Waals surface area contributed by atoms with Gasteiger partial charge in [0.05, 0.1) is 12.1 Å². The molecule has 0 aliphatic carbocycles. The third-order valence-corrected chi connectivity index (χ3v) is 3.66. The number of likely N-dealkylation sites (N-methyl/N-ethyl adjacent to an activating group) is 1. The van der Waals surface area contributed by atoms with E-state index in [0.29, 0.717) is 17.8 Å². The Balaban J connectivity index is 0.00000338. The fourth-order valence-corrected chi connectivity index (χ4v) is 2.50. The molecule has 0 radical (unpaired) electrons. The summed E-state index contributed by atoms with van der Waals surface area (Å²) < 4.78 is 38.6. The summed E-state index contributed by atoms with van der Waals surface area (Å²) in [4.78, 5) is 13.5. The van der Waals surface area contributed by atoms with Crippen LogP contribution in [0.1, 0.15) is 16.7 Å². The summed E-state index contributed by atoms with van der Waals surface area (Å²) in [5.74, 6) is -0.212. The average molecular weight is 388 g/mol. The number of hydrogen-bond donors (Lipinski definition) is 2. The number of nitrogens with one attached hydrogen (secondary N) is 1.